The molecule has 0 spiro atoms. The van der Waals surface area contributed by atoms with E-state index in [9.17, 15) is 4.79 Å². The van der Waals surface area contributed by atoms with E-state index < -0.39 is 0 Å². The minimum Gasteiger partial charge on any atom is -0.295 e. The van der Waals surface area contributed by atoms with Crippen molar-refractivity contribution in [2.24, 2.45) is 7.05 Å². The first kappa shape index (κ1) is 12.8. The number of hydrogen-bond acceptors (Lipinski definition) is 3. The van der Waals surface area contributed by atoms with Gasteiger partial charge < -0.3 is 0 Å². The van der Waals surface area contributed by atoms with Crippen LogP contribution in [0.5, 0.6) is 0 Å². The molecule has 3 aromatic heterocycles. The fourth-order valence-electron chi connectivity index (χ4n) is 2.85. The van der Waals surface area contributed by atoms with Crippen LogP contribution in [-0.2, 0) is 7.05 Å². The van der Waals surface area contributed by atoms with Crippen LogP contribution in [0, 0.1) is 6.92 Å². The molecule has 0 atom stereocenters. The van der Waals surface area contributed by atoms with Gasteiger partial charge >= 0.3 is 0 Å². The molecule has 4 aromatic rings. The van der Waals surface area contributed by atoms with Crippen molar-refractivity contribution in [3.63, 3.8) is 0 Å². The zero-order valence-electron chi connectivity index (χ0n) is 12.3. The van der Waals surface area contributed by atoms with Crippen LogP contribution in [0.4, 0.5) is 0 Å². The molecule has 0 aliphatic carbocycles. The van der Waals surface area contributed by atoms with Crippen LogP contribution in [0.2, 0.25) is 0 Å². The van der Waals surface area contributed by atoms with Gasteiger partial charge in [0.1, 0.15) is 17.7 Å². The molecule has 0 amide bonds. The number of fused-ring (bicyclic) bond motifs is 3. The highest BCUT2D eigenvalue weighted by Crippen LogP contribution is 2.24. The molecule has 108 valence electrons. The molecule has 22 heavy (non-hydrogen) atoms. The van der Waals surface area contributed by atoms with Gasteiger partial charge in [-0.05, 0) is 31.2 Å². The zero-order valence-corrected chi connectivity index (χ0v) is 12.3. The second-order valence-corrected chi connectivity index (χ2v) is 5.41. The van der Waals surface area contributed by atoms with E-state index in [4.69, 9.17) is 0 Å². The fraction of sp³-hybridized carbons (Fsp3) is 0.118. The summed E-state index contributed by atoms with van der Waals surface area (Å²) in [6.45, 7) is 1.98. The lowest BCUT2D eigenvalue weighted by Gasteiger charge is -2.09. The van der Waals surface area contributed by atoms with Gasteiger partial charge in [-0.1, -0.05) is 11.6 Å². The van der Waals surface area contributed by atoms with Crippen molar-refractivity contribution in [2.75, 3.05) is 0 Å². The monoisotopic (exact) mass is 290 g/mol. The summed E-state index contributed by atoms with van der Waals surface area (Å²) < 4.78 is 3.61. The third-order valence-corrected chi connectivity index (χ3v) is 3.94. The SMILES string of the molecule is Cc1ccc2c(c1)c(=O)n(C)c1c(-c3cccnc3)ncn21. The minimum atomic E-state index is -0.0168. The Morgan fingerprint density at radius 2 is 2.05 bits per heavy atom. The summed E-state index contributed by atoms with van der Waals surface area (Å²) in [5, 5.41) is 0.699. The standard InChI is InChI=1S/C17H14N4O/c1-11-5-6-14-13(8-11)17(22)20(2)16-15(19-10-21(14)16)12-4-3-7-18-9-12/h3-10H,1-2H3. The molecule has 0 aliphatic rings. The van der Waals surface area contributed by atoms with Crippen LogP contribution in [0.25, 0.3) is 27.8 Å². The van der Waals surface area contributed by atoms with E-state index in [1.54, 1.807) is 30.3 Å². The van der Waals surface area contributed by atoms with E-state index in [1.165, 1.54) is 0 Å². The van der Waals surface area contributed by atoms with Crippen molar-refractivity contribution in [3.8, 4) is 11.3 Å². The van der Waals surface area contributed by atoms with Gasteiger partial charge in [0.05, 0.1) is 10.9 Å². The van der Waals surface area contributed by atoms with E-state index in [2.05, 4.69) is 9.97 Å². The molecule has 0 saturated heterocycles. The maximum absolute atomic E-state index is 12.7. The van der Waals surface area contributed by atoms with Gasteiger partial charge in [-0.15, -0.1) is 0 Å². The van der Waals surface area contributed by atoms with Crippen LogP contribution < -0.4 is 5.56 Å². The van der Waals surface area contributed by atoms with Crippen molar-refractivity contribution in [1.29, 1.82) is 0 Å². The third-order valence-electron chi connectivity index (χ3n) is 3.94. The average molecular weight is 290 g/mol. The lowest BCUT2D eigenvalue weighted by molar-refractivity contribution is 0.882. The van der Waals surface area contributed by atoms with Crippen LogP contribution in [0.15, 0.2) is 53.8 Å². The molecule has 5 nitrogen and oxygen atoms in total. The van der Waals surface area contributed by atoms with E-state index in [0.717, 1.165) is 28.0 Å². The number of nitrogens with zero attached hydrogens (tertiary/aromatic N) is 4. The van der Waals surface area contributed by atoms with Gasteiger partial charge in [0, 0.05) is 25.0 Å². The largest absolute Gasteiger partial charge is 0.295 e. The lowest BCUT2D eigenvalue weighted by atomic mass is 10.1. The van der Waals surface area contributed by atoms with Gasteiger partial charge in [-0.3, -0.25) is 18.7 Å². The molecule has 0 bridgehead atoms. The molecule has 0 aliphatic heterocycles. The Balaban J connectivity index is 2.19. The second kappa shape index (κ2) is 4.53. The summed E-state index contributed by atoms with van der Waals surface area (Å²) in [5.41, 5.74) is 4.34. The Morgan fingerprint density at radius 1 is 1.18 bits per heavy atom. The third kappa shape index (κ3) is 1.69. The average Bonchev–Trinajstić information content (AvgIpc) is 2.98. The molecular formula is C17H14N4O. The predicted octanol–water partition coefficient (Wildman–Crippen LogP) is 2.56. The Kier molecular flexibility index (Phi) is 2.63. The molecule has 4 rings (SSSR count). The Morgan fingerprint density at radius 3 is 2.82 bits per heavy atom. The number of hydrogen-bond donors (Lipinski definition) is 0. The highest BCUT2D eigenvalue weighted by atomic mass is 16.1. The van der Waals surface area contributed by atoms with E-state index in [1.807, 2.05) is 41.7 Å². The summed E-state index contributed by atoms with van der Waals surface area (Å²) in [5.74, 6) is 0. The Bertz CT molecular complexity index is 1060. The molecule has 1 aromatic carbocycles. The van der Waals surface area contributed by atoms with Crippen molar-refractivity contribution >= 4 is 16.6 Å². The second-order valence-electron chi connectivity index (χ2n) is 5.41. The van der Waals surface area contributed by atoms with Crippen LogP contribution in [0.3, 0.4) is 0 Å². The summed E-state index contributed by atoms with van der Waals surface area (Å²) in [4.78, 5) is 21.3. The van der Waals surface area contributed by atoms with Gasteiger partial charge in [0.2, 0.25) is 0 Å². The summed E-state index contributed by atoms with van der Waals surface area (Å²) in [7, 11) is 1.78. The number of aromatic nitrogens is 4. The summed E-state index contributed by atoms with van der Waals surface area (Å²) in [6.07, 6.45) is 5.24. The number of aryl methyl sites for hydroxylation is 2. The molecule has 0 radical (unpaired) electrons. The first-order valence-corrected chi connectivity index (χ1v) is 7.03. The smallest absolute Gasteiger partial charge is 0.261 e. The van der Waals surface area contributed by atoms with Crippen LogP contribution in [0.1, 0.15) is 5.56 Å². The lowest BCUT2D eigenvalue weighted by Crippen LogP contribution is -2.19. The van der Waals surface area contributed by atoms with E-state index >= 15 is 0 Å². The predicted molar refractivity (Wildman–Crippen MR) is 85.9 cm³/mol. The maximum atomic E-state index is 12.7. The first-order valence-electron chi connectivity index (χ1n) is 7.03. The Hall–Kier alpha value is -2.95. The fourth-order valence-corrected chi connectivity index (χ4v) is 2.85. The minimum absolute atomic E-state index is 0.0168. The van der Waals surface area contributed by atoms with Crippen molar-refractivity contribution < 1.29 is 0 Å². The Labute approximate surface area is 126 Å². The molecule has 0 fully saturated rings. The van der Waals surface area contributed by atoms with Gasteiger partial charge in [0.25, 0.3) is 5.56 Å². The van der Waals surface area contributed by atoms with E-state index in [-0.39, 0.29) is 5.56 Å². The summed E-state index contributed by atoms with van der Waals surface area (Å²) >= 11 is 0. The van der Waals surface area contributed by atoms with Gasteiger partial charge in [-0.2, -0.15) is 0 Å². The van der Waals surface area contributed by atoms with Crippen molar-refractivity contribution in [1.82, 2.24) is 18.9 Å². The highest BCUT2D eigenvalue weighted by molar-refractivity contribution is 5.85. The number of benzene rings is 1. The zero-order chi connectivity index (χ0) is 15.3. The number of imidazole rings is 1. The van der Waals surface area contributed by atoms with Crippen molar-refractivity contribution in [2.45, 2.75) is 6.92 Å². The molecule has 5 heteroatoms. The van der Waals surface area contributed by atoms with Crippen molar-refractivity contribution in [3.05, 3.63) is 65.0 Å². The van der Waals surface area contributed by atoms with Gasteiger partial charge in [-0.25, -0.2) is 4.98 Å². The molecular weight excluding hydrogens is 276 g/mol. The number of rotatable bonds is 1. The molecule has 0 saturated carbocycles. The molecule has 0 N–H and O–H groups in total. The van der Waals surface area contributed by atoms with E-state index in [0.29, 0.717) is 5.39 Å². The quantitative estimate of drug-likeness (QED) is 0.541. The topological polar surface area (TPSA) is 52.2 Å². The molecule has 0 unspecified atom stereocenters. The van der Waals surface area contributed by atoms with Crippen LogP contribution in [-0.4, -0.2) is 18.9 Å². The highest BCUT2D eigenvalue weighted by Gasteiger charge is 2.15. The molecule has 3 heterocycles. The number of pyridine rings is 1. The van der Waals surface area contributed by atoms with Gasteiger partial charge in [0.15, 0.2) is 0 Å². The summed E-state index contributed by atoms with van der Waals surface area (Å²) in [6, 6.07) is 9.70. The van der Waals surface area contributed by atoms with Crippen LogP contribution >= 0.6 is 0 Å². The normalized spacial score (nSPS) is 11.4. The maximum Gasteiger partial charge on any atom is 0.261 e. The first-order chi connectivity index (χ1) is 10.7.